The summed E-state index contributed by atoms with van der Waals surface area (Å²) in [6.07, 6.45) is 1.68. The van der Waals surface area contributed by atoms with Crippen LogP contribution in [0.1, 0.15) is 37.0 Å². The van der Waals surface area contributed by atoms with Crippen LogP contribution >= 0.6 is 11.3 Å². The van der Waals surface area contributed by atoms with Crippen LogP contribution in [0.25, 0.3) is 10.2 Å². The van der Waals surface area contributed by atoms with Crippen molar-refractivity contribution < 1.29 is 22.3 Å². The fraction of sp³-hybridized carbons (Fsp3) is 0.417. The van der Waals surface area contributed by atoms with Gasteiger partial charge in [0.2, 0.25) is 10.0 Å². The first kappa shape index (κ1) is 24.7. The van der Waals surface area contributed by atoms with Gasteiger partial charge in [0.05, 0.1) is 21.7 Å². The summed E-state index contributed by atoms with van der Waals surface area (Å²) in [6, 6.07) is 10.6. The predicted molar refractivity (Wildman–Crippen MR) is 130 cm³/mol. The molecule has 1 saturated heterocycles. The lowest BCUT2D eigenvalue weighted by Gasteiger charge is -2.29. The second-order valence-electron chi connectivity index (χ2n) is 8.35. The largest absolute Gasteiger partial charge is 0.380 e. The van der Waals surface area contributed by atoms with Crippen LogP contribution in [0.4, 0.5) is 4.39 Å². The molecule has 0 unspecified atom stereocenters. The number of amides is 1. The van der Waals surface area contributed by atoms with Crippen LogP contribution in [0, 0.1) is 11.7 Å². The molecule has 0 radical (unpaired) electrons. The Labute approximate surface area is 202 Å². The van der Waals surface area contributed by atoms with Gasteiger partial charge in [0.1, 0.15) is 5.82 Å². The van der Waals surface area contributed by atoms with Gasteiger partial charge in [0, 0.05) is 31.8 Å². The quantitative estimate of drug-likeness (QED) is 0.454. The third-order valence-electron chi connectivity index (χ3n) is 5.99. The van der Waals surface area contributed by atoms with Crippen molar-refractivity contribution in [1.82, 2.24) is 8.87 Å². The SMILES string of the molecule is CCOCCn1c(=NC(=O)c2ccc(S(=O)(=O)N3CCC(C)CC3)cc2)sc2cccc(F)c21. The van der Waals surface area contributed by atoms with Gasteiger partial charge >= 0.3 is 0 Å². The van der Waals surface area contributed by atoms with Crippen LogP contribution in [0.15, 0.2) is 52.4 Å². The molecule has 1 aliphatic heterocycles. The van der Waals surface area contributed by atoms with E-state index in [-0.39, 0.29) is 16.3 Å². The highest BCUT2D eigenvalue weighted by molar-refractivity contribution is 7.89. The Balaban J connectivity index is 1.62. The first-order chi connectivity index (χ1) is 16.3. The van der Waals surface area contributed by atoms with Gasteiger partial charge in [0.25, 0.3) is 5.91 Å². The summed E-state index contributed by atoms with van der Waals surface area (Å²) >= 11 is 1.22. The Morgan fingerprint density at radius 1 is 1.18 bits per heavy atom. The number of piperidine rings is 1. The van der Waals surface area contributed by atoms with E-state index in [4.69, 9.17) is 4.74 Å². The predicted octanol–water partition coefficient (Wildman–Crippen LogP) is 4.04. The number of halogens is 1. The highest BCUT2D eigenvalue weighted by atomic mass is 32.2. The van der Waals surface area contributed by atoms with Crippen molar-refractivity contribution in [2.24, 2.45) is 10.9 Å². The molecule has 10 heteroatoms. The van der Waals surface area contributed by atoms with E-state index in [1.807, 2.05) is 6.92 Å². The lowest BCUT2D eigenvalue weighted by molar-refractivity contribution is 0.0996. The van der Waals surface area contributed by atoms with E-state index in [2.05, 4.69) is 11.9 Å². The van der Waals surface area contributed by atoms with Crippen LogP contribution in [0.5, 0.6) is 0 Å². The van der Waals surface area contributed by atoms with Crippen LogP contribution in [0.3, 0.4) is 0 Å². The number of sulfonamides is 1. The van der Waals surface area contributed by atoms with Gasteiger partial charge in [-0.2, -0.15) is 9.30 Å². The maximum absolute atomic E-state index is 14.5. The average molecular weight is 506 g/mol. The monoisotopic (exact) mass is 505 g/mol. The molecule has 1 amide bonds. The molecule has 34 heavy (non-hydrogen) atoms. The normalized spacial score (nSPS) is 16.4. The molecule has 1 fully saturated rings. The number of carbonyl (C=O) groups is 1. The molecule has 1 aliphatic rings. The van der Waals surface area contributed by atoms with E-state index in [1.54, 1.807) is 16.7 Å². The molecular formula is C24H28FN3O4S2. The van der Waals surface area contributed by atoms with E-state index in [0.717, 1.165) is 12.8 Å². The van der Waals surface area contributed by atoms with Crippen LogP contribution in [-0.4, -0.2) is 49.5 Å². The Kier molecular flexibility index (Phi) is 7.61. The number of thiazole rings is 1. The number of benzene rings is 2. The number of hydrogen-bond acceptors (Lipinski definition) is 5. The van der Waals surface area contributed by atoms with E-state index in [0.29, 0.717) is 53.8 Å². The van der Waals surface area contributed by atoms with Gasteiger partial charge < -0.3 is 9.30 Å². The van der Waals surface area contributed by atoms with Gasteiger partial charge in [-0.05, 0) is 62.1 Å². The number of fused-ring (bicyclic) bond motifs is 1. The first-order valence-corrected chi connectivity index (χ1v) is 13.6. The molecule has 4 rings (SSSR count). The second kappa shape index (κ2) is 10.5. The lowest BCUT2D eigenvalue weighted by atomic mass is 10.0. The van der Waals surface area contributed by atoms with E-state index in [1.165, 1.54) is 46.0 Å². The van der Waals surface area contributed by atoms with Crippen molar-refractivity contribution in [1.29, 1.82) is 0 Å². The van der Waals surface area contributed by atoms with E-state index >= 15 is 0 Å². The van der Waals surface area contributed by atoms with Gasteiger partial charge in [-0.1, -0.05) is 24.3 Å². The standard InChI is InChI=1S/C24H28FN3O4S2/c1-3-32-16-15-28-22-20(25)5-4-6-21(22)33-24(28)26-23(29)18-7-9-19(10-8-18)34(30,31)27-13-11-17(2)12-14-27/h4-10,17H,3,11-16H2,1-2H3. The Hall–Kier alpha value is -2.40. The van der Waals surface area contributed by atoms with Gasteiger partial charge in [-0.25, -0.2) is 12.8 Å². The summed E-state index contributed by atoms with van der Waals surface area (Å²) in [6.45, 7) is 6.25. The van der Waals surface area contributed by atoms with Crippen molar-refractivity contribution in [2.45, 2.75) is 38.1 Å². The summed E-state index contributed by atoms with van der Waals surface area (Å²) < 4.78 is 49.6. The second-order valence-corrected chi connectivity index (χ2v) is 11.3. The highest BCUT2D eigenvalue weighted by Gasteiger charge is 2.28. The number of rotatable bonds is 7. The van der Waals surface area contributed by atoms with Crippen molar-refractivity contribution >= 4 is 37.5 Å². The summed E-state index contributed by atoms with van der Waals surface area (Å²) in [7, 11) is -3.59. The zero-order chi connectivity index (χ0) is 24.3. The third-order valence-corrected chi connectivity index (χ3v) is 8.95. The third kappa shape index (κ3) is 5.14. The minimum absolute atomic E-state index is 0.161. The molecule has 0 atom stereocenters. The maximum atomic E-state index is 14.5. The molecule has 0 saturated carbocycles. The molecule has 0 N–H and O–H groups in total. The fourth-order valence-corrected chi connectivity index (χ4v) is 6.51. The number of hydrogen-bond donors (Lipinski definition) is 0. The molecular weight excluding hydrogens is 477 g/mol. The smallest absolute Gasteiger partial charge is 0.279 e. The van der Waals surface area contributed by atoms with Crippen LogP contribution < -0.4 is 4.80 Å². The summed E-state index contributed by atoms with van der Waals surface area (Å²) in [5.74, 6) is -0.389. The molecule has 182 valence electrons. The molecule has 3 aromatic rings. The lowest BCUT2D eigenvalue weighted by Crippen LogP contribution is -2.37. The zero-order valence-corrected chi connectivity index (χ0v) is 20.9. The van der Waals surface area contributed by atoms with Crippen molar-refractivity contribution in [3.63, 3.8) is 0 Å². The minimum atomic E-state index is -3.59. The number of aromatic nitrogens is 1. The van der Waals surface area contributed by atoms with Crippen LogP contribution in [-0.2, 0) is 21.3 Å². The molecule has 1 aromatic heterocycles. The fourth-order valence-electron chi connectivity index (χ4n) is 3.97. The molecule has 0 aliphatic carbocycles. The topological polar surface area (TPSA) is 81.0 Å². The Bertz CT molecular complexity index is 1340. The summed E-state index contributed by atoms with van der Waals surface area (Å²) in [5.41, 5.74) is 0.650. The van der Waals surface area contributed by atoms with Crippen molar-refractivity contribution in [3.05, 3.63) is 58.6 Å². The van der Waals surface area contributed by atoms with Crippen molar-refractivity contribution in [3.8, 4) is 0 Å². The van der Waals surface area contributed by atoms with E-state index < -0.39 is 15.9 Å². The van der Waals surface area contributed by atoms with Crippen LogP contribution in [0.2, 0.25) is 0 Å². The molecule has 2 heterocycles. The molecule has 2 aromatic carbocycles. The van der Waals surface area contributed by atoms with Gasteiger partial charge in [-0.15, -0.1) is 0 Å². The number of para-hydroxylation sites is 1. The minimum Gasteiger partial charge on any atom is -0.380 e. The molecule has 0 spiro atoms. The van der Waals surface area contributed by atoms with Gasteiger partial charge in [0.15, 0.2) is 4.80 Å². The summed E-state index contributed by atoms with van der Waals surface area (Å²) in [5, 5.41) is 0. The molecule has 7 nitrogen and oxygen atoms in total. The molecule has 0 bridgehead atoms. The Morgan fingerprint density at radius 2 is 1.88 bits per heavy atom. The highest BCUT2D eigenvalue weighted by Crippen LogP contribution is 2.24. The summed E-state index contributed by atoms with van der Waals surface area (Å²) in [4.78, 5) is 17.7. The maximum Gasteiger partial charge on any atom is 0.279 e. The number of carbonyl (C=O) groups excluding carboxylic acids is 1. The van der Waals surface area contributed by atoms with Gasteiger partial charge in [-0.3, -0.25) is 4.79 Å². The zero-order valence-electron chi connectivity index (χ0n) is 19.2. The average Bonchev–Trinajstić information content (AvgIpc) is 3.18. The van der Waals surface area contributed by atoms with E-state index in [9.17, 15) is 17.6 Å². The number of nitrogens with zero attached hydrogens (tertiary/aromatic N) is 3. The number of ether oxygens (including phenoxy) is 1. The Morgan fingerprint density at radius 3 is 2.56 bits per heavy atom. The first-order valence-electron chi connectivity index (χ1n) is 11.4. The van der Waals surface area contributed by atoms with Crippen molar-refractivity contribution in [2.75, 3.05) is 26.3 Å².